The highest BCUT2D eigenvalue weighted by Crippen LogP contribution is 2.26. The number of rotatable bonds is 4. The number of alkyl carbamates (subject to hydrolysis) is 1. The Morgan fingerprint density at radius 1 is 1.08 bits per heavy atom. The first-order chi connectivity index (χ1) is 11.7. The summed E-state index contributed by atoms with van der Waals surface area (Å²) >= 11 is 0. The fourth-order valence-electron chi connectivity index (χ4n) is 3.13. The summed E-state index contributed by atoms with van der Waals surface area (Å²) in [4.78, 5) is 24.3. The predicted octanol–water partition coefficient (Wildman–Crippen LogP) is 3.95. The molecule has 5 nitrogen and oxygen atoms in total. The molecule has 5 heteroatoms. The molecule has 1 fully saturated rings. The fourth-order valence-corrected chi connectivity index (χ4v) is 3.13. The van der Waals surface area contributed by atoms with Crippen LogP contribution >= 0.6 is 0 Å². The molecule has 1 saturated carbocycles. The highest BCUT2D eigenvalue weighted by Gasteiger charge is 2.28. The maximum atomic E-state index is 12.5. The molecule has 2 N–H and O–H groups in total. The summed E-state index contributed by atoms with van der Waals surface area (Å²) < 4.78 is 5.29. The lowest BCUT2D eigenvalue weighted by Gasteiger charge is -2.30. The molecular weight excluding hydrogens is 316 g/mol. The molecule has 1 aliphatic carbocycles. The second-order valence-corrected chi connectivity index (χ2v) is 7.84. The van der Waals surface area contributed by atoms with Gasteiger partial charge in [0.15, 0.2) is 0 Å². The van der Waals surface area contributed by atoms with Gasteiger partial charge in [-0.25, -0.2) is 4.79 Å². The Hall–Kier alpha value is -2.04. The van der Waals surface area contributed by atoms with E-state index in [1.165, 1.54) is 0 Å². The average Bonchev–Trinajstić information content (AvgIpc) is 2.54. The zero-order valence-corrected chi connectivity index (χ0v) is 15.7. The van der Waals surface area contributed by atoms with Crippen LogP contribution < -0.4 is 10.6 Å². The van der Waals surface area contributed by atoms with Crippen LogP contribution in [0.25, 0.3) is 0 Å². The fraction of sp³-hybridized carbons (Fsp3) is 0.600. The van der Waals surface area contributed by atoms with E-state index in [1.54, 1.807) is 0 Å². The smallest absolute Gasteiger partial charge is 0.407 e. The lowest BCUT2D eigenvalue weighted by molar-refractivity contribution is -0.126. The Labute approximate surface area is 150 Å². The van der Waals surface area contributed by atoms with Crippen LogP contribution in [0.5, 0.6) is 0 Å². The molecule has 0 aliphatic heterocycles. The third-order valence-electron chi connectivity index (χ3n) is 4.48. The molecule has 0 heterocycles. The molecule has 2 rings (SSSR count). The largest absolute Gasteiger partial charge is 0.444 e. The maximum absolute atomic E-state index is 12.5. The number of ether oxygens (including phenoxy) is 1. The normalized spacial score (nSPS) is 21.9. The van der Waals surface area contributed by atoms with E-state index in [0.717, 1.165) is 31.2 Å². The van der Waals surface area contributed by atoms with E-state index >= 15 is 0 Å². The number of hydrogen-bond acceptors (Lipinski definition) is 3. The summed E-state index contributed by atoms with van der Waals surface area (Å²) in [5, 5.41) is 6.01. The first-order valence-electron chi connectivity index (χ1n) is 9.09. The quantitative estimate of drug-likeness (QED) is 0.867. The summed E-state index contributed by atoms with van der Waals surface area (Å²) in [6, 6.07) is 10.1. The van der Waals surface area contributed by atoms with E-state index < -0.39 is 5.60 Å². The SMILES string of the molecule is CC(NC(=O)C1CCC(NC(=O)OC(C)(C)C)CC1)c1ccccc1. The lowest BCUT2D eigenvalue weighted by atomic mass is 9.85. The molecule has 0 aromatic heterocycles. The highest BCUT2D eigenvalue weighted by atomic mass is 16.6. The zero-order valence-electron chi connectivity index (χ0n) is 15.7. The van der Waals surface area contributed by atoms with Gasteiger partial charge in [-0.3, -0.25) is 4.79 Å². The van der Waals surface area contributed by atoms with Gasteiger partial charge in [-0.1, -0.05) is 30.3 Å². The van der Waals surface area contributed by atoms with E-state index in [2.05, 4.69) is 10.6 Å². The Morgan fingerprint density at radius 3 is 2.24 bits per heavy atom. The molecule has 1 atom stereocenters. The molecule has 0 radical (unpaired) electrons. The molecule has 1 aliphatic rings. The Balaban J connectivity index is 1.76. The molecule has 1 unspecified atom stereocenters. The second-order valence-electron chi connectivity index (χ2n) is 7.84. The van der Waals surface area contributed by atoms with Crippen molar-refractivity contribution in [3.8, 4) is 0 Å². The highest BCUT2D eigenvalue weighted by molar-refractivity contribution is 5.79. The number of carbonyl (C=O) groups is 2. The number of benzene rings is 1. The van der Waals surface area contributed by atoms with E-state index in [1.807, 2.05) is 58.0 Å². The topological polar surface area (TPSA) is 67.4 Å². The maximum Gasteiger partial charge on any atom is 0.407 e. The number of hydrogen-bond donors (Lipinski definition) is 2. The van der Waals surface area contributed by atoms with Gasteiger partial charge in [0.25, 0.3) is 0 Å². The van der Waals surface area contributed by atoms with Crippen molar-refractivity contribution in [3.05, 3.63) is 35.9 Å². The van der Waals surface area contributed by atoms with Gasteiger partial charge in [0.1, 0.15) is 5.60 Å². The van der Waals surface area contributed by atoms with Crippen LogP contribution in [0.2, 0.25) is 0 Å². The zero-order chi connectivity index (χ0) is 18.4. The van der Waals surface area contributed by atoms with Crippen LogP contribution in [0.15, 0.2) is 30.3 Å². The third kappa shape index (κ3) is 6.40. The molecule has 25 heavy (non-hydrogen) atoms. The van der Waals surface area contributed by atoms with Crippen molar-refractivity contribution in [2.75, 3.05) is 0 Å². The Bertz CT molecular complexity index is 572. The predicted molar refractivity (Wildman–Crippen MR) is 98.1 cm³/mol. The van der Waals surface area contributed by atoms with Gasteiger partial charge in [0.05, 0.1) is 6.04 Å². The molecule has 0 bridgehead atoms. The van der Waals surface area contributed by atoms with Crippen LogP contribution in [0, 0.1) is 5.92 Å². The van der Waals surface area contributed by atoms with Gasteiger partial charge < -0.3 is 15.4 Å². The van der Waals surface area contributed by atoms with Crippen molar-refractivity contribution in [2.24, 2.45) is 5.92 Å². The molecule has 0 saturated heterocycles. The van der Waals surface area contributed by atoms with E-state index in [9.17, 15) is 9.59 Å². The molecule has 1 aromatic rings. The van der Waals surface area contributed by atoms with Gasteiger partial charge in [-0.15, -0.1) is 0 Å². The van der Waals surface area contributed by atoms with Gasteiger partial charge >= 0.3 is 6.09 Å². The van der Waals surface area contributed by atoms with Crippen LogP contribution in [0.4, 0.5) is 4.79 Å². The first-order valence-corrected chi connectivity index (χ1v) is 9.09. The van der Waals surface area contributed by atoms with Crippen LogP contribution in [-0.2, 0) is 9.53 Å². The molecule has 138 valence electrons. The van der Waals surface area contributed by atoms with Crippen molar-refractivity contribution in [1.29, 1.82) is 0 Å². The summed E-state index contributed by atoms with van der Waals surface area (Å²) in [6.07, 6.45) is 2.80. The van der Waals surface area contributed by atoms with Crippen molar-refractivity contribution < 1.29 is 14.3 Å². The third-order valence-corrected chi connectivity index (χ3v) is 4.48. The van der Waals surface area contributed by atoms with Gasteiger partial charge in [0.2, 0.25) is 5.91 Å². The monoisotopic (exact) mass is 346 g/mol. The van der Waals surface area contributed by atoms with Crippen molar-refractivity contribution in [2.45, 2.75) is 71.1 Å². The van der Waals surface area contributed by atoms with Crippen LogP contribution in [-0.4, -0.2) is 23.6 Å². The van der Waals surface area contributed by atoms with Crippen molar-refractivity contribution >= 4 is 12.0 Å². The molecular formula is C20H30N2O3. The van der Waals surface area contributed by atoms with Crippen molar-refractivity contribution in [3.63, 3.8) is 0 Å². The van der Waals surface area contributed by atoms with Gasteiger partial charge in [-0.2, -0.15) is 0 Å². The Morgan fingerprint density at radius 2 is 1.68 bits per heavy atom. The van der Waals surface area contributed by atoms with Gasteiger partial charge in [0, 0.05) is 12.0 Å². The Kier molecular flexibility index (Phi) is 6.45. The molecule has 2 amide bonds. The standard InChI is InChI=1S/C20H30N2O3/c1-14(15-8-6-5-7-9-15)21-18(23)16-10-12-17(13-11-16)22-19(24)25-20(2,3)4/h5-9,14,16-17H,10-13H2,1-4H3,(H,21,23)(H,22,24). The van der Waals surface area contributed by atoms with E-state index in [-0.39, 0.29) is 30.0 Å². The number of nitrogens with one attached hydrogen (secondary N) is 2. The minimum absolute atomic E-state index is 0.00584. The summed E-state index contributed by atoms with van der Waals surface area (Å²) in [7, 11) is 0. The van der Waals surface area contributed by atoms with Gasteiger partial charge in [-0.05, 0) is 58.9 Å². The molecule has 0 spiro atoms. The summed E-state index contributed by atoms with van der Waals surface area (Å²) in [5.41, 5.74) is 0.616. The minimum atomic E-state index is -0.491. The van der Waals surface area contributed by atoms with Crippen LogP contribution in [0.3, 0.4) is 0 Å². The second kappa shape index (κ2) is 8.37. The molecule has 1 aromatic carbocycles. The summed E-state index contributed by atoms with van der Waals surface area (Å²) in [6.45, 7) is 7.55. The lowest BCUT2D eigenvalue weighted by Crippen LogP contribution is -2.43. The summed E-state index contributed by atoms with van der Waals surface area (Å²) in [5.74, 6) is 0.120. The van der Waals surface area contributed by atoms with Crippen LogP contribution in [0.1, 0.15) is 65.0 Å². The number of amides is 2. The first kappa shape index (κ1) is 19.3. The average molecular weight is 346 g/mol. The van der Waals surface area contributed by atoms with Crippen molar-refractivity contribution in [1.82, 2.24) is 10.6 Å². The van der Waals surface area contributed by atoms with E-state index in [0.29, 0.717) is 0 Å². The van der Waals surface area contributed by atoms with E-state index in [4.69, 9.17) is 4.74 Å². The minimum Gasteiger partial charge on any atom is -0.444 e. The number of carbonyl (C=O) groups excluding carboxylic acids is 2.